The van der Waals surface area contributed by atoms with E-state index in [1.54, 1.807) is 0 Å². The van der Waals surface area contributed by atoms with E-state index >= 15 is 0 Å². The summed E-state index contributed by atoms with van der Waals surface area (Å²) in [7, 11) is 0. The van der Waals surface area contributed by atoms with Gasteiger partial charge in [0.15, 0.2) is 0 Å². The molecule has 0 bridgehead atoms. The normalized spacial score (nSPS) is 15.0. The van der Waals surface area contributed by atoms with Crippen LogP contribution in [0.2, 0.25) is 0 Å². The molecule has 0 atom stereocenters. The van der Waals surface area contributed by atoms with E-state index in [9.17, 15) is 15.2 Å². The third kappa shape index (κ3) is 8.58. The predicted molar refractivity (Wildman–Crippen MR) is 313 cm³/mol. The van der Waals surface area contributed by atoms with Gasteiger partial charge in [-0.15, -0.1) is 11.3 Å². The van der Waals surface area contributed by atoms with Gasteiger partial charge in [-0.05, 0) is 172 Å². The summed E-state index contributed by atoms with van der Waals surface area (Å²) in [5.41, 5.74) is 21.1. The number of unbranched alkanes of at least 4 members (excludes halogenated alkanes) is 6. The van der Waals surface area contributed by atoms with Crippen molar-refractivity contribution in [2.75, 3.05) is 4.90 Å². The van der Waals surface area contributed by atoms with Gasteiger partial charge in [-0.1, -0.05) is 184 Å². The molecular weight excluding hydrogens is 921 g/mol. The number of carbonyl (C=O) groups is 1. The first-order chi connectivity index (χ1) is 36.1. The van der Waals surface area contributed by atoms with Crippen LogP contribution in [0.5, 0.6) is 0 Å². The highest BCUT2D eigenvalue weighted by atomic mass is 32.1. The molecule has 0 amide bonds. The molecule has 0 radical (unpaired) electrons. The molecule has 0 unspecified atom stereocenters. The van der Waals surface area contributed by atoms with E-state index in [2.05, 4.69) is 180 Å². The van der Waals surface area contributed by atoms with Gasteiger partial charge in [0.05, 0.1) is 0 Å². The summed E-state index contributed by atoms with van der Waals surface area (Å²) < 4.78 is 0. The maximum atomic E-state index is 11.6. The number of hydrogen-bond donors (Lipinski definition) is 1. The van der Waals surface area contributed by atoms with Gasteiger partial charge in [0.1, 0.15) is 11.6 Å². The van der Waals surface area contributed by atoms with Gasteiger partial charge in [-0.2, -0.15) is 5.26 Å². The van der Waals surface area contributed by atoms with E-state index in [0.717, 1.165) is 53.8 Å². The zero-order valence-corrected chi connectivity index (χ0v) is 45.3. The van der Waals surface area contributed by atoms with Crippen molar-refractivity contribution in [3.05, 3.63) is 188 Å². The van der Waals surface area contributed by atoms with E-state index in [-0.39, 0.29) is 21.8 Å². The number of hydrogen-bond acceptors (Lipinski definition) is 4. The molecule has 10 rings (SSSR count). The number of nitriles is 1. The fourth-order valence-electron chi connectivity index (χ4n) is 13.7. The molecule has 0 spiro atoms. The second-order valence-corrected chi connectivity index (χ2v) is 22.4. The van der Waals surface area contributed by atoms with Crippen LogP contribution in [0.25, 0.3) is 51.6 Å². The lowest BCUT2D eigenvalue weighted by Crippen LogP contribution is -2.26. The number of thiophene rings is 1. The number of anilines is 3. The summed E-state index contributed by atoms with van der Waals surface area (Å²) >= 11 is 1.49. The highest BCUT2D eigenvalue weighted by Crippen LogP contribution is 2.59. The molecule has 0 aliphatic heterocycles. The first-order valence-corrected chi connectivity index (χ1v) is 28.7. The molecular formula is C69H72N2O2S. The van der Waals surface area contributed by atoms with E-state index in [1.165, 1.54) is 153 Å². The zero-order valence-electron chi connectivity index (χ0n) is 44.5. The van der Waals surface area contributed by atoms with Gasteiger partial charge >= 0.3 is 5.97 Å². The molecule has 1 aromatic heterocycles. The molecule has 1 heterocycles. The van der Waals surface area contributed by atoms with Gasteiger partial charge in [-0.3, -0.25) is 0 Å². The van der Waals surface area contributed by atoms with Crippen LogP contribution in [0.1, 0.15) is 180 Å². The van der Waals surface area contributed by atoms with Crippen molar-refractivity contribution in [1.29, 1.82) is 5.26 Å². The zero-order chi connectivity index (χ0) is 51.6. The molecule has 6 aromatic carbocycles. The molecule has 1 N–H and O–H groups in total. The molecule has 3 aliphatic carbocycles. The summed E-state index contributed by atoms with van der Waals surface area (Å²) in [6, 6.07) is 53.3. The minimum Gasteiger partial charge on any atom is -0.477 e. The second-order valence-electron chi connectivity index (χ2n) is 21.3. The van der Waals surface area contributed by atoms with Gasteiger partial charge < -0.3 is 10.0 Å². The standard InChI is InChI=1S/C69H72N2O2S/c1-7-13-15-21-39-69(40-22-16-14-8-2)62-41-47(27-32-52-33-34-53(74-52)42-48(46-70)66(72)73)28-35-56(62)59-38-31-51(45-65(59)69)71(49-29-36-57-54-23-17-19-25-60(54)67(9-3,10-4)63(57)43-49)50-30-37-58-55-24-18-20-26-61(55)68(11-5,12-6)64(58)44-50/h17-20,23-38,41-45H,7-16,21-22,39-40H2,1-6H3,(H,72,73)/b32-27+,48-42+. The SMILES string of the molecule is CCCCCCC1(CCCCCC)c2cc(/C=C/c3ccc(/C=C(\C#N)C(=O)O)s3)ccc2-c2ccc(N(c3ccc4c(c3)C(CC)(CC)c3ccccc3-4)c3ccc4c(c3)C(CC)(CC)c3ccccc3-4)cc21. The summed E-state index contributed by atoms with van der Waals surface area (Å²) in [5, 5.41) is 18.9. The number of carboxylic acids is 1. The van der Waals surface area contributed by atoms with Gasteiger partial charge in [0.25, 0.3) is 0 Å². The van der Waals surface area contributed by atoms with E-state index < -0.39 is 5.97 Å². The quantitative estimate of drug-likeness (QED) is 0.0443. The van der Waals surface area contributed by atoms with Gasteiger partial charge in [-0.25, -0.2) is 4.79 Å². The topological polar surface area (TPSA) is 64.3 Å². The lowest BCUT2D eigenvalue weighted by Gasteiger charge is -2.35. The molecule has 0 saturated heterocycles. The molecule has 376 valence electrons. The molecule has 5 heteroatoms. The molecule has 0 fully saturated rings. The van der Waals surface area contributed by atoms with Crippen LogP contribution in [0.4, 0.5) is 17.1 Å². The molecule has 0 saturated carbocycles. The Labute approximate surface area is 445 Å². The first kappa shape index (κ1) is 50.8. The third-order valence-electron chi connectivity index (χ3n) is 17.7. The van der Waals surface area contributed by atoms with Crippen molar-refractivity contribution in [1.82, 2.24) is 0 Å². The van der Waals surface area contributed by atoms with Crippen molar-refractivity contribution in [2.45, 2.75) is 148 Å². The number of benzene rings is 6. The number of fused-ring (bicyclic) bond motifs is 9. The Kier molecular flexibility index (Phi) is 14.6. The smallest absolute Gasteiger partial charge is 0.346 e. The van der Waals surface area contributed by atoms with Crippen molar-refractivity contribution in [3.63, 3.8) is 0 Å². The Morgan fingerprint density at radius 1 is 0.500 bits per heavy atom. The van der Waals surface area contributed by atoms with Crippen LogP contribution in [0.15, 0.2) is 139 Å². The third-order valence-corrected chi connectivity index (χ3v) is 18.7. The number of nitrogens with zero attached hydrogens (tertiary/aromatic N) is 2. The molecule has 3 aliphatic rings. The summed E-state index contributed by atoms with van der Waals surface area (Å²) in [5.74, 6) is -1.21. The molecule has 7 aromatic rings. The van der Waals surface area contributed by atoms with Gasteiger partial charge in [0, 0.05) is 43.1 Å². The van der Waals surface area contributed by atoms with Crippen LogP contribution in [0.3, 0.4) is 0 Å². The van der Waals surface area contributed by atoms with E-state index in [0.29, 0.717) is 0 Å². The van der Waals surface area contributed by atoms with Crippen LogP contribution in [0, 0.1) is 11.3 Å². The monoisotopic (exact) mass is 993 g/mol. The summed E-state index contributed by atoms with van der Waals surface area (Å²) in [6.45, 7) is 14.1. The first-order valence-electron chi connectivity index (χ1n) is 27.8. The summed E-state index contributed by atoms with van der Waals surface area (Å²) in [6.07, 6.45) is 21.8. The van der Waals surface area contributed by atoms with E-state index in [4.69, 9.17) is 0 Å². The molecule has 4 nitrogen and oxygen atoms in total. The number of rotatable bonds is 21. The van der Waals surface area contributed by atoms with Crippen molar-refractivity contribution >= 4 is 52.6 Å². The fourth-order valence-corrected chi connectivity index (χ4v) is 14.6. The van der Waals surface area contributed by atoms with Crippen molar-refractivity contribution in [3.8, 4) is 39.4 Å². The van der Waals surface area contributed by atoms with Crippen molar-refractivity contribution in [2.24, 2.45) is 0 Å². The largest absolute Gasteiger partial charge is 0.477 e. The van der Waals surface area contributed by atoms with Gasteiger partial charge in [0.2, 0.25) is 0 Å². The fraction of sp³-hybridized carbons (Fsp3) is 0.333. The summed E-state index contributed by atoms with van der Waals surface area (Å²) in [4.78, 5) is 15.9. The molecule has 74 heavy (non-hydrogen) atoms. The minimum atomic E-state index is -1.21. The lowest BCUT2D eigenvalue weighted by molar-refractivity contribution is -0.132. The van der Waals surface area contributed by atoms with Crippen LogP contribution in [-0.2, 0) is 21.0 Å². The maximum absolute atomic E-state index is 11.6. The van der Waals surface area contributed by atoms with Crippen LogP contribution < -0.4 is 4.90 Å². The maximum Gasteiger partial charge on any atom is 0.346 e. The average Bonchev–Trinajstić information content (AvgIpc) is 4.16. The van der Waals surface area contributed by atoms with Crippen LogP contribution >= 0.6 is 11.3 Å². The number of carboxylic acid groups (broad SMARTS) is 1. The van der Waals surface area contributed by atoms with Crippen LogP contribution in [-0.4, -0.2) is 11.1 Å². The highest BCUT2D eigenvalue weighted by Gasteiger charge is 2.45. The number of aliphatic carboxylic acids is 1. The predicted octanol–water partition coefficient (Wildman–Crippen LogP) is 19.8. The van der Waals surface area contributed by atoms with E-state index in [1.807, 2.05) is 18.2 Å². The Bertz CT molecular complexity index is 3210. The highest BCUT2D eigenvalue weighted by molar-refractivity contribution is 7.13. The Balaban J connectivity index is 1.15. The average molecular weight is 993 g/mol. The Morgan fingerprint density at radius 2 is 0.932 bits per heavy atom. The Morgan fingerprint density at radius 3 is 1.39 bits per heavy atom. The minimum absolute atomic E-state index is 0.0608. The second kappa shape index (κ2) is 21.2. The Hall–Kier alpha value is -6.74. The van der Waals surface area contributed by atoms with Crippen molar-refractivity contribution < 1.29 is 9.90 Å². The lowest BCUT2D eigenvalue weighted by atomic mass is 9.70.